The van der Waals surface area contributed by atoms with Crippen LogP contribution in [0, 0.1) is 17.0 Å². The molecule has 1 aromatic heterocycles. The molecule has 0 saturated carbocycles. The number of halogens is 1. The lowest BCUT2D eigenvalue weighted by atomic mass is 10.2. The second-order valence-corrected chi connectivity index (χ2v) is 4.54. The summed E-state index contributed by atoms with van der Waals surface area (Å²) in [7, 11) is 0. The first-order valence-electron chi connectivity index (χ1n) is 5.28. The predicted molar refractivity (Wildman–Crippen MR) is 72.2 cm³/mol. The number of furan rings is 1. The van der Waals surface area contributed by atoms with Gasteiger partial charge in [-0.3, -0.25) is 14.9 Å². The Balaban J connectivity index is 2.25. The highest BCUT2D eigenvalue weighted by atomic mass is 79.9. The van der Waals surface area contributed by atoms with Crippen molar-refractivity contribution < 1.29 is 14.1 Å². The van der Waals surface area contributed by atoms with Crippen LogP contribution in [0.3, 0.4) is 0 Å². The van der Waals surface area contributed by atoms with Crippen LogP contribution in [0.4, 0.5) is 11.4 Å². The highest BCUT2D eigenvalue weighted by Gasteiger charge is 2.15. The fourth-order valence-corrected chi connectivity index (χ4v) is 1.96. The summed E-state index contributed by atoms with van der Waals surface area (Å²) in [5.74, 6) is -0.404. The van der Waals surface area contributed by atoms with Crippen LogP contribution in [0.15, 0.2) is 39.6 Å². The number of rotatable bonds is 3. The summed E-state index contributed by atoms with van der Waals surface area (Å²) >= 11 is 3.09. The Labute approximate surface area is 116 Å². The average Bonchev–Trinajstić information content (AvgIpc) is 2.77. The third kappa shape index (κ3) is 2.82. The van der Waals surface area contributed by atoms with E-state index < -0.39 is 10.8 Å². The molecule has 2 rings (SSSR count). The molecule has 19 heavy (non-hydrogen) atoms. The van der Waals surface area contributed by atoms with E-state index in [2.05, 4.69) is 21.2 Å². The Hall–Kier alpha value is -2.15. The van der Waals surface area contributed by atoms with Crippen molar-refractivity contribution in [1.82, 2.24) is 0 Å². The SMILES string of the molecule is Cc1ccc(NC(=O)c2ccoc2Br)cc1[N+](=O)[O-]. The summed E-state index contributed by atoms with van der Waals surface area (Å²) in [5, 5.41) is 13.4. The molecule has 0 atom stereocenters. The number of nitrogens with one attached hydrogen (secondary N) is 1. The number of nitro benzene ring substituents is 1. The van der Waals surface area contributed by atoms with Crippen LogP contribution in [0.2, 0.25) is 0 Å². The Bertz CT molecular complexity index is 651. The molecule has 0 aliphatic heterocycles. The van der Waals surface area contributed by atoms with Crippen molar-refractivity contribution in [2.75, 3.05) is 5.32 Å². The standard InChI is InChI=1S/C12H9BrN2O4/c1-7-2-3-8(6-10(7)15(17)18)14-12(16)9-4-5-19-11(9)13/h2-6H,1H3,(H,14,16). The van der Waals surface area contributed by atoms with Gasteiger partial charge in [-0.05, 0) is 35.0 Å². The molecule has 0 saturated heterocycles. The van der Waals surface area contributed by atoms with Gasteiger partial charge in [-0.2, -0.15) is 0 Å². The summed E-state index contributed by atoms with van der Waals surface area (Å²) < 4.78 is 5.26. The molecule has 0 radical (unpaired) electrons. The molecule has 0 aliphatic rings. The second kappa shape index (κ2) is 5.23. The van der Waals surface area contributed by atoms with E-state index in [-0.39, 0.29) is 5.69 Å². The number of benzene rings is 1. The number of nitrogens with zero attached hydrogens (tertiary/aromatic N) is 1. The van der Waals surface area contributed by atoms with Crippen LogP contribution in [0.1, 0.15) is 15.9 Å². The van der Waals surface area contributed by atoms with Gasteiger partial charge in [-0.15, -0.1) is 0 Å². The summed E-state index contributed by atoms with van der Waals surface area (Å²) in [6.45, 7) is 1.64. The van der Waals surface area contributed by atoms with Gasteiger partial charge in [0.25, 0.3) is 11.6 Å². The molecule has 0 bridgehead atoms. The lowest BCUT2D eigenvalue weighted by Gasteiger charge is -2.05. The van der Waals surface area contributed by atoms with Crippen LogP contribution in [-0.2, 0) is 0 Å². The topological polar surface area (TPSA) is 85.4 Å². The zero-order chi connectivity index (χ0) is 14.0. The van der Waals surface area contributed by atoms with Crippen LogP contribution < -0.4 is 5.32 Å². The van der Waals surface area contributed by atoms with Gasteiger partial charge in [0.2, 0.25) is 0 Å². The van der Waals surface area contributed by atoms with Gasteiger partial charge in [0.05, 0.1) is 16.7 Å². The molecule has 1 heterocycles. The summed E-state index contributed by atoms with van der Waals surface area (Å²) in [4.78, 5) is 22.2. The summed E-state index contributed by atoms with van der Waals surface area (Å²) in [5.41, 5.74) is 1.18. The van der Waals surface area contributed by atoms with Gasteiger partial charge in [0.1, 0.15) is 0 Å². The maximum atomic E-state index is 11.9. The molecule has 0 unspecified atom stereocenters. The molecule has 1 aromatic carbocycles. The van der Waals surface area contributed by atoms with Gasteiger partial charge in [-0.25, -0.2) is 0 Å². The van der Waals surface area contributed by atoms with Crippen molar-refractivity contribution in [3.05, 3.63) is 56.4 Å². The molecule has 2 aromatic rings. The van der Waals surface area contributed by atoms with E-state index in [1.165, 1.54) is 18.4 Å². The van der Waals surface area contributed by atoms with E-state index in [0.29, 0.717) is 21.5 Å². The van der Waals surface area contributed by atoms with Gasteiger partial charge >= 0.3 is 0 Å². The van der Waals surface area contributed by atoms with Crippen molar-refractivity contribution in [3.8, 4) is 0 Å². The minimum Gasteiger partial charge on any atom is -0.457 e. The largest absolute Gasteiger partial charge is 0.457 e. The number of carbonyl (C=O) groups excluding carboxylic acids is 1. The van der Waals surface area contributed by atoms with E-state index in [0.717, 1.165) is 0 Å². The third-order valence-corrected chi connectivity index (χ3v) is 3.14. The minimum absolute atomic E-state index is 0.0379. The molecule has 6 nitrogen and oxygen atoms in total. The lowest BCUT2D eigenvalue weighted by Crippen LogP contribution is -2.11. The Morgan fingerprint density at radius 3 is 2.74 bits per heavy atom. The normalized spacial score (nSPS) is 10.2. The van der Waals surface area contributed by atoms with Crippen molar-refractivity contribution in [2.24, 2.45) is 0 Å². The zero-order valence-electron chi connectivity index (χ0n) is 9.84. The van der Waals surface area contributed by atoms with Crippen molar-refractivity contribution in [2.45, 2.75) is 6.92 Å². The van der Waals surface area contributed by atoms with Crippen LogP contribution in [-0.4, -0.2) is 10.8 Å². The average molecular weight is 325 g/mol. The van der Waals surface area contributed by atoms with Gasteiger partial charge in [0, 0.05) is 17.3 Å². The third-order valence-electron chi connectivity index (χ3n) is 2.53. The first-order valence-corrected chi connectivity index (χ1v) is 6.07. The minimum atomic E-state index is -0.487. The van der Waals surface area contributed by atoms with Crippen LogP contribution >= 0.6 is 15.9 Å². The highest BCUT2D eigenvalue weighted by molar-refractivity contribution is 9.10. The highest BCUT2D eigenvalue weighted by Crippen LogP contribution is 2.24. The van der Waals surface area contributed by atoms with Crippen molar-refractivity contribution >= 4 is 33.2 Å². The van der Waals surface area contributed by atoms with E-state index in [1.807, 2.05) is 0 Å². The number of nitro groups is 1. The second-order valence-electron chi connectivity index (χ2n) is 3.82. The molecule has 0 aliphatic carbocycles. The van der Waals surface area contributed by atoms with E-state index in [9.17, 15) is 14.9 Å². The van der Waals surface area contributed by atoms with E-state index in [1.54, 1.807) is 19.1 Å². The van der Waals surface area contributed by atoms with Crippen molar-refractivity contribution in [3.63, 3.8) is 0 Å². The molecule has 98 valence electrons. The molecular weight excluding hydrogens is 316 g/mol. The molecule has 1 amide bonds. The van der Waals surface area contributed by atoms with E-state index in [4.69, 9.17) is 4.42 Å². The fourth-order valence-electron chi connectivity index (χ4n) is 1.54. The fraction of sp³-hybridized carbons (Fsp3) is 0.0833. The number of amides is 1. The van der Waals surface area contributed by atoms with E-state index >= 15 is 0 Å². The number of aryl methyl sites for hydroxylation is 1. The van der Waals surface area contributed by atoms with Crippen LogP contribution in [0.25, 0.3) is 0 Å². The number of hydrogen-bond donors (Lipinski definition) is 1. The first-order chi connectivity index (χ1) is 8.99. The molecule has 1 N–H and O–H groups in total. The Kier molecular flexibility index (Phi) is 3.66. The molecule has 0 spiro atoms. The first kappa shape index (κ1) is 13.3. The maximum Gasteiger partial charge on any atom is 0.274 e. The van der Waals surface area contributed by atoms with Gasteiger partial charge in [0.15, 0.2) is 4.67 Å². The van der Waals surface area contributed by atoms with Gasteiger partial charge in [-0.1, -0.05) is 6.07 Å². The van der Waals surface area contributed by atoms with Crippen molar-refractivity contribution in [1.29, 1.82) is 0 Å². The number of hydrogen-bond acceptors (Lipinski definition) is 4. The zero-order valence-corrected chi connectivity index (χ0v) is 11.4. The quantitative estimate of drug-likeness (QED) is 0.691. The lowest BCUT2D eigenvalue weighted by molar-refractivity contribution is -0.385. The predicted octanol–water partition coefficient (Wildman–Crippen LogP) is 3.51. The van der Waals surface area contributed by atoms with Gasteiger partial charge < -0.3 is 9.73 Å². The summed E-state index contributed by atoms with van der Waals surface area (Å²) in [6.07, 6.45) is 1.37. The maximum absolute atomic E-state index is 11.9. The number of carbonyl (C=O) groups is 1. The Morgan fingerprint density at radius 1 is 1.42 bits per heavy atom. The molecular formula is C12H9BrN2O4. The smallest absolute Gasteiger partial charge is 0.274 e. The number of anilines is 1. The Morgan fingerprint density at radius 2 is 2.16 bits per heavy atom. The summed E-state index contributed by atoms with van der Waals surface area (Å²) in [6, 6.07) is 6.01. The molecule has 7 heteroatoms. The molecule has 0 fully saturated rings. The van der Waals surface area contributed by atoms with Crippen LogP contribution in [0.5, 0.6) is 0 Å². The monoisotopic (exact) mass is 324 g/mol.